The lowest BCUT2D eigenvalue weighted by Crippen LogP contribution is -2.69. The molecule has 1 aliphatic heterocycles. The lowest BCUT2D eigenvalue weighted by molar-refractivity contribution is -0.154. The van der Waals surface area contributed by atoms with Crippen molar-refractivity contribution in [3.8, 4) is 0 Å². The molecule has 3 aromatic carbocycles. The van der Waals surface area contributed by atoms with Crippen molar-refractivity contribution in [1.29, 1.82) is 0 Å². The van der Waals surface area contributed by atoms with E-state index in [0.717, 1.165) is 28.5 Å². The summed E-state index contributed by atoms with van der Waals surface area (Å²) in [5.74, 6) is -1.28. The highest BCUT2D eigenvalue weighted by Crippen LogP contribution is 2.42. The number of hydrogen-bond donors (Lipinski definition) is 2. The fraction of sp³-hybridized carbons (Fsp3) is 0.188. The van der Waals surface area contributed by atoms with Crippen LogP contribution in [0.5, 0.6) is 0 Å². The van der Waals surface area contributed by atoms with Gasteiger partial charge in [0, 0.05) is 12.4 Å². The number of hydrogen-bond acceptors (Lipinski definition) is 7. The molecule has 2 amide bonds. The quantitative estimate of drug-likeness (QED) is 0.208. The SMILES string of the molecule is O=C(Cc1ccccc1)N[C@@H]1C(=O)N(CO)[C@@H]1SC(C(=O)OC(c1ccccc1)c1ccccc1)c1cccnc1. The lowest BCUT2D eigenvalue weighted by atomic mass is 10.0. The van der Waals surface area contributed by atoms with Crippen LogP contribution in [0, 0.1) is 0 Å². The number of aliphatic hydroxyl groups excluding tert-OH is 1. The van der Waals surface area contributed by atoms with Gasteiger partial charge in [0.05, 0.1) is 6.42 Å². The van der Waals surface area contributed by atoms with Crippen molar-refractivity contribution in [2.24, 2.45) is 0 Å². The Hall–Kier alpha value is -4.47. The predicted molar refractivity (Wildman–Crippen MR) is 155 cm³/mol. The first kappa shape index (κ1) is 28.1. The van der Waals surface area contributed by atoms with Gasteiger partial charge in [-0.15, -0.1) is 11.8 Å². The monoisotopic (exact) mass is 567 g/mol. The van der Waals surface area contributed by atoms with Crippen molar-refractivity contribution >= 4 is 29.5 Å². The number of amides is 2. The highest BCUT2D eigenvalue weighted by Gasteiger charge is 2.50. The smallest absolute Gasteiger partial charge is 0.324 e. The van der Waals surface area contributed by atoms with E-state index in [9.17, 15) is 19.5 Å². The summed E-state index contributed by atoms with van der Waals surface area (Å²) in [4.78, 5) is 44.9. The fourth-order valence-electron chi connectivity index (χ4n) is 4.67. The molecule has 1 unspecified atom stereocenters. The molecule has 0 aliphatic carbocycles. The van der Waals surface area contributed by atoms with Crippen LogP contribution >= 0.6 is 11.8 Å². The molecular formula is C32H29N3O5S. The number of carbonyl (C=O) groups excluding carboxylic acids is 3. The van der Waals surface area contributed by atoms with Crippen LogP contribution in [0.4, 0.5) is 0 Å². The highest BCUT2D eigenvalue weighted by molar-refractivity contribution is 8.00. The zero-order valence-electron chi connectivity index (χ0n) is 22.1. The van der Waals surface area contributed by atoms with Gasteiger partial charge in [-0.05, 0) is 28.3 Å². The Bertz CT molecular complexity index is 1420. The number of nitrogens with zero attached hydrogens (tertiary/aromatic N) is 2. The van der Waals surface area contributed by atoms with E-state index < -0.39 is 41.4 Å². The largest absolute Gasteiger partial charge is 0.451 e. The van der Waals surface area contributed by atoms with Crippen molar-refractivity contribution in [2.45, 2.75) is 29.2 Å². The van der Waals surface area contributed by atoms with Crippen LogP contribution in [-0.4, -0.2) is 50.9 Å². The van der Waals surface area contributed by atoms with E-state index in [1.54, 1.807) is 24.5 Å². The number of ether oxygens (including phenoxy) is 1. The molecule has 2 heterocycles. The maximum absolute atomic E-state index is 13.9. The number of β-lactam (4-membered cyclic amide) rings is 1. The Morgan fingerprint density at radius 2 is 1.46 bits per heavy atom. The average molecular weight is 568 g/mol. The Morgan fingerprint density at radius 1 is 0.878 bits per heavy atom. The summed E-state index contributed by atoms with van der Waals surface area (Å²) in [6, 6.07) is 30.7. The number of nitrogens with one attached hydrogen (secondary N) is 1. The first-order valence-corrected chi connectivity index (χ1v) is 14.1. The maximum atomic E-state index is 13.9. The number of thioether (sulfide) groups is 1. The molecule has 1 fully saturated rings. The van der Waals surface area contributed by atoms with Gasteiger partial charge in [-0.2, -0.15) is 0 Å². The summed E-state index contributed by atoms with van der Waals surface area (Å²) in [6.45, 7) is -0.549. The van der Waals surface area contributed by atoms with E-state index in [-0.39, 0.29) is 12.3 Å². The van der Waals surface area contributed by atoms with E-state index in [1.165, 1.54) is 4.90 Å². The van der Waals surface area contributed by atoms with Crippen molar-refractivity contribution < 1.29 is 24.2 Å². The number of aliphatic hydroxyl groups is 1. The Kier molecular flexibility index (Phi) is 9.08. The Labute approximate surface area is 242 Å². The minimum absolute atomic E-state index is 0.102. The molecule has 5 rings (SSSR count). The van der Waals surface area contributed by atoms with E-state index in [2.05, 4.69) is 10.3 Å². The van der Waals surface area contributed by atoms with Crippen LogP contribution in [-0.2, 0) is 25.5 Å². The minimum Gasteiger partial charge on any atom is -0.451 e. The number of carbonyl (C=O) groups is 3. The normalized spacial score (nSPS) is 17.0. The third-order valence-electron chi connectivity index (χ3n) is 6.73. The summed E-state index contributed by atoms with van der Waals surface area (Å²) in [7, 11) is 0. The van der Waals surface area contributed by atoms with Crippen molar-refractivity contribution in [2.75, 3.05) is 6.73 Å². The fourth-order valence-corrected chi connectivity index (χ4v) is 6.07. The van der Waals surface area contributed by atoms with Gasteiger partial charge in [0.25, 0.3) is 5.91 Å². The van der Waals surface area contributed by atoms with Gasteiger partial charge in [0.2, 0.25) is 5.91 Å². The molecule has 9 heteroatoms. The van der Waals surface area contributed by atoms with E-state index in [4.69, 9.17) is 4.74 Å². The molecule has 1 saturated heterocycles. The third-order valence-corrected chi connectivity index (χ3v) is 8.28. The van der Waals surface area contributed by atoms with Gasteiger partial charge in [-0.25, -0.2) is 0 Å². The van der Waals surface area contributed by atoms with E-state index in [1.807, 2.05) is 91.0 Å². The predicted octanol–water partition coefficient (Wildman–Crippen LogP) is 4.03. The van der Waals surface area contributed by atoms with Crippen LogP contribution in [0.25, 0.3) is 0 Å². The van der Waals surface area contributed by atoms with E-state index in [0.29, 0.717) is 5.56 Å². The molecule has 2 N–H and O–H groups in total. The van der Waals surface area contributed by atoms with Crippen LogP contribution in [0.3, 0.4) is 0 Å². The summed E-state index contributed by atoms with van der Waals surface area (Å²) in [5.41, 5.74) is 3.01. The number of pyridine rings is 1. The number of benzene rings is 3. The topological polar surface area (TPSA) is 109 Å². The molecule has 3 atom stereocenters. The third kappa shape index (κ3) is 6.65. The molecule has 4 aromatic rings. The van der Waals surface area contributed by atoms with Crippen LogP contribution in [0.15, 0.2) is 116 Å². The summed E-state index contributed by atoms with van der Waals surface area (Å²) in [5, 5.41) is 11.1. The van der Waals surface area contributed by atoms with Crippen LogP contribution in [0.1, 0.15) is 33.6 Å². The number of aromatic nitrogens is 1. The lowest BCUT2D eigenvalue weighted by Gasteiger charge is -2.46. The summed E-state index contributed by atoms with van der Waals surface area (Å²) in [6.07, 6.45) is 2.62. The van der Waals surface area contributed by atoms with E-state index >= 15 is 0 Å². The number of esters is 1. The zero-order chi connectivity index (χ0) is 28.6. The molecular weight excluding hydrogens is 538 g/mol. The van der Waals surface area contributed by atoms with Gasteiger partial charge in [-0.1, -0.05) is 97.1 Å². The molecule has 1 aromatic heterocycles. The second-order valence-corrected chi connectivity index (χ2v) is 10.7. The molecule has 0 radical (unpaired) electrons. The highest BCUT2D eigenvalue weighted by atomic mass is 32.2. The van der Waals surface area contributed by atoms with Crippen molar-refractivity contribution in [3.63, 3.8) is 0 Å². The molecule has 1 aliphatic rings. The second-order valence-electron chi connectivity index (χ2n) is 9.49. The maximum Gasteiger partial charge on any atom is 0.324 e. The first-order valence-electron chi connectivity index (χ1n) is 13.2. The standard InChI is InChI=1S/C32H29N3O5S/c36-21-35-30(38)27(34-26(37)19-22-11-4-1-5-12-22)31(35)41-29(25-17-10-18-33-20-25)32(39)40-28(23-13-6-2-7-14-23)24-15-8-3-9-16-24/h1-18,20,27-29,31,36H,19,21H2,(H,34,37)/t27-,29?,31-/m1/s1. The first-order chi connectivity index (χ1) is 20.0. The molecule has 0 bridgehead atoms. The van der Waals surface area contributed by atoms with Crippen LogP contribution < -0.4 is 5.32 Å². The molecule has 0 spiro atoms. The van der Waals surface area contributed by atoms with Crippen LogP contribution in [0.2, 0.25) is 0 Å². The molecule has 0 saturated carbocycles. The van der Waals surface area contributed by atoms with Gasteiger partial charge in [0.1, 0.15) is 23.4 Å². The molecule has 208 valence electrons. The molecule has 8 nitrogen and oxygen atoms in total. The Balaban J connectivity index is 1.39. The summed E-state index contributed by atoms with van der Waals surface area (Å²) >= 11 is 1.13. The zero-order valence-corrected chi connectivity index (χ0v) is 22.9. The van der Waals surface area contributed by atoms with Gasteiger partial charge >= 0.3 is 5.97 Å². The van der Waals surface area contributed by atoms with Crippen molar-refractivity contribution in [1.82, 2.24) is 15.2 Å². The van der Waals surface area contributed by atoms with Crippen molar-refractivity contribution in [3.05, 3.63) is 138 Å². The number of likely N-dealkylation sites (tertiary alicyclic amines) is 1. The minimum atomic E-state index is -0.908. The second kappa shape index (κ2) is 13.3. The number of rotatable bonds is 11. The Morgan fingerprint density at radius 3 is 2.02 bits per heavy atom. The average Bonchev–Trinajstić information content (AvgIpc) is 3.02. The van der Waals surface area contributed by atoms with Gasteiger partial charge < -0.3 is 20.1 Å². The van der Waals surface area contributed by atoms with Gasteiger partial charge in [0.15, 0.2) is 6.10 Å². The van der Waals surface area contributed by atoms with Gasteiger partial charge in [-0.3, -0.25) is 19.4 Å². The summed E-state index contributed by atoms with van der Waals surface area (Å²) < 4.78 is 6.16. The molecule has 41 heavy (non-hydrogen) atoms.